The van der Waals surface area contributed by atoms with E-state index in [2.05, 4.69) is 4.98 Å². The number of ketones is 1. The van der Waals surface area contributed by atoms with Crippen LogP contribution in [0.25, 0.3) is 0 Å². The summed E-state index contributed by atoms with van der Waals surface area (Å²) in [5, 5.41) is 0.578. The molecular weight excluding hydrogens is 388 g/mol. The second kappa shape index (κ2) is 8.45. The van der Waals surface area contributed by atoms with Gasteiger partial charge in [-0.05, 0) is 74.5 Å². The number of anilines is 1. The van der Waals surface area contributed by atoms with Crippen LogP contribution in [0.2, 0.25) is 5.02 Å². The Balaban J connectivity index is 1.72. The van der Waals surface area contributed by atoms with Gasteiger partial charge in [-0.15, -0.1) is 0 Å². The Kier molecular flexibility index (Phi) is 5.99. The fourth-order valence-corrected chi connectivity index (χ4v) is 3.00. The van der Waals surface area contributed by atoms with E-state index in [1.807, 2.05) is 0 Å². The predicted molar refractivity (Wildman–Crippen MR) is 114 cm³/mol. The van der Waals surface area contributed by atoms with Crippen LogP contribution in [0.3, 0.4) is 0 Å². The van der Waals surface area contributed by atoms with E-state index in [0.717, 1.165) is 5.69 Å². The maximum atomic E-state index is 12.9. The molecule has 6 heteroatoms. The van der Waals surface area contributed by atoms with Crippen molar-refractivity contribution in [2.75, 3.05) is 11.9 Å². The molecule has 1 aromatic heterocycles. The Bertz CT molecular complexity index is 1000. The van der Waals surface area contributed by atoms with Crippen molar-refractivity contribution in [1.82, 2.24) is 4.98 Å². The number of carbonyl (C=O) groups is 2. The van der Waals surface area contributed by atoms with Crippen LogP contribution in [-0.2, 0) is 4.79 Å². The highest BCUT2D eigenvalue weighted by molar-refractivity contribution is 6.30. The van der Waals surface area contributed by atoms with Gasteiger partial charge in [-0.25, -0.2) is 0 Å². The summed E-state index contributed by atoms with van der Waals surface area (Å²) >= 11 is 5.87. The number of aromatic nitrogens is 1. The van der Waals surface area contributed by atoms with Gasteiger partial charge in [0.1, 0.15) is 5.75 Å². The number of halogens is 1. The van der Waals surface area contributed by atoms with Crippen LogP contribution in [0.1, 0.15) is 29.8 Å². The van der Waals surface area contributed by atoms with Crippen LogP contribution in [0.15, 0.2) is 73.1 Å². The smallest absolute Gasteiger partial charge is 0.270 e. The van der Waals surface area contributed by atoms with Gasteiger partial charge in [-0.3, -0.25) is 14.6 Å². The lowest BCUT2D eigenvalue weighted by atomic mass is 10.0. The molecule has 0 aliphatic heterocycles. The van der Waals surface area contributed by atoms with Gasteiger partial charge in [0.05, 0.1) is 0 Å². The zero-order valence-corrected chi connectivity index (χ0v) is 17.2. The molecule has 5 nitrogen and oxygen atoms in total. The van der Waals surface area contributed by atoms with E-state index in [0.29, 0.717) is 21.9 Å². The number of hydrogen-bond donors (Lipinski definition) is 0. The highest BCUT2D eigenvalue weighted by Crippen LogP contribution is 2.24. The molecule has 0 N–H and O–H groups in total. The van der Waals surface area contributed by atoms with Gasteiger partial charge < -0.3 is 9.64 Å². The lowest BCUT2D eigenvalue weighted by Crippen LogP contribution is -2.47. The van der Waals surface area contributed by atoms with E-state index in [4.69, 9.17) is 16.3 Å². The summed E-state index contributed by atoms with van der Waals surface area (Å²) in [6.45, 7) is 3.42. The minimum Gasteiger partial charge on any atom is -0.478 e. The van der Waals surface area contributed by atoms with Crippen molar-refractivity contribution in [3.05, 3.63) is 89.2 Å². The molecule has 0 aliphatic rings. The Labute approximate surface area is 174 Å². The maximum Gasteiger partial charge on any atom is 0.270 e. The van der Waals surface area contributed by atoms with Gasteiger partial charge in [0.2, 0.25) is 0 Å². The third-order valence-electron chi connectivity index (χ3n) is 4.47. The van der Waals surface area contributed by atoms with Crippen molar-refractivity contribution in [2.45, 2.75) is 19.4 Å². The fourth-order valence-electron chi connectivity index (χ4n) is 2.87. The highest BCUT2D eigenvalue weighted by Gasteiger charge is 2.33. The summed E-state index contributed by atoms with van der Waals surface area (Å²) in [5.74, 6) is 0.185. The van der Waals surface area contributed by atoms with E-state index >= 15 is 0 Å². The molecular formula is C23H21ClN2O3. The number of pyridine rings is 1. The molecule has 29 heavy (non-hydrogen) atoms. The van der Waals surface area contributed by atoms with Gasteiger partial charge in [0.25, 0.3) is 5.91 Å². The van der Waals surface area contributed by atoms with Crippen LogP contribution in [0.5, 0.6) is 5.75 Å². The topological polar surface area (TPSA) is 59.5 Å². The Morgan fingerprint density at radius 2 is 1.41 bits per heavy atom. The molecule has 0 aliphatic carbocycles. The van der Waals surface area contributed by atoms with Crippen molar-refractivity contribution in [3.63, 3.8) is 0 Å². The van der Waals surface area contributed by atoms with Crippen molar-refractivity contribution in [3.8, 4) is 5.75 Å². The standard InChI is InChI=1S/C23H21ClN2O3/c1-23(2,22(28)26(3)19-12-14-25-15-13-19)29-20-10-6-17(7-11-20)21(27)16-4-8-18(24)9-5-16/h4-15H,1-3H3. The molecule has 0 saturated carbocycles. The number of nitrogens with zero attached hydrogens (tertiary/aromatic N) is 2. The summed E-state index contributed by atoms with van der Waals surface area (Å²) in [4.78, 5) is 30.9. The van der Waals surface area contributed by atoms with Crippen LogP contribution >= 0.6 is 11.6 Å². The summed E-state index contributed by atoms with van der Waals surface area (Å²) in [6.07, 6.45) is 3.26. The van der Waals surface area contributed by atoms with E-state index < -0.39 is 5.60 Å². The minimum atomic E-state index is -1.10. The average Bonchev–Trinajstić information content (AvgIpc) is 2.73. The van der Waals surface area contributed by atoms with Crippen LogP contribution in [0, 0.1) is 0 Å². The quantitative estimate of drug-likeness (QED) is 0.550. The zero-order chi connectivity index (χ0) is 21.0. The second-order valence-corrected chi connectivity index (χ2v) is 7.48. The summed E-state index contributed by atoms with van der Waals surface area (Å²) in [7, 11) is 1.69. The first-order valence-corrected chi connectivity index (χ1v) is 9.43. The van der Waals surface area contributed by atoms with E-state index in [1.165, 1.54) is 4.90 Å². The molecule has 1 amide bonds. The lowest BCUT2D eigenvalue weighted by molar-refractivity contribution is -0.131. The zero-order valence-electron chi connectivity index (χ0n) is 16.4. The summed E-state index contributed by atoms with van der Waals surface area (Å²) in [5.41, 5.74) is 0.709. The number of rotatable bonds is 6. The third-order valence-corrected chi connectivity index (χ3v) is 4.72. The molecule has 0 bridgehead atoms. The Morgan fingerprint density at radius 1 is 0.897 bits per heavy atom. The van der Waals surface area contributed by atoms with Crippen molar-refractivity contribution >= 4 is 29.0 Å². The van der Waals surface area contributed by atoms with E-state index in [1.54, 1.807) is 94.0 Å². The van der Waals surface area contributed by atoms with Crippen molar-refractivity contribution in [1.29, 1.82) is 0 Å². The first kappa shape index (κ1) is 20.6. The molecule has 3 aromatic rings. The largest absolute Gasteiger partial charge is 0.478 e. The molecule has 0 atom stereocenters. The molecule has 0 saturated heterocycles. The molecule has 0 fully saturated rings. The molecule has 148 valence electrons. The third kappa shape index (κ3) is 4.81. The Hall–Kier alpha value is -3.18. The van der Waals surface area contributed by atoms with Crippen molar-refractivity contribution < 1.29 is 14.3 Å². The lowest BCUT2D eigenvalue weighted by Gasteiger charge is -2.30. The molecule has 2 aromatic carbocycles. The first-order chi connectivity index (χ1) is 13.8. The number of amides is 1. The molecule has 3 rings (SSSR count). The molecule has 1 heterocycles. The monoisotopic (exact) mass is 408 g/mol. The highest BCUT2D eigenvalue weighted by atomic mass is 35.5. The van der Waals surface area contributed by atoms with Crippen LogP contribution in [0.4, 0.5) is 5.69 Å². The van der Waals surface area contributed by atoms with Crippen LogP contribution in [-0.4, -0.2) is 29.3 Å². The van der Waals surface area contributed by atoms with Gasteiger partial charge in [0, 0.05) is 41.3 Å². The van der Waals surface area contributed by atoms with Gasteiger partial charge in [0.15, 0.2) is 11.4 Å². The second-order valence-electron chi connectivity index (χ2n) is 7.04. The number of carbonyl (C=O) groups excluding carboxylic acids is 2. The fraction of sp³-hybridized carbons (Fsp3) is 0.174. The van der Waals surface area contributed by atoms with Crippen LogP contribution < -0.4 is 9.64 Å². The average molecular weight is 409 g/mol. The molecule has 0 radical (unpaired) electrons. The van der Waals surface area contributed by atoms with Gasteiger partial charge >= 0.3 is 0 Å². The number of hydrogen-bond acceptors (Lipinski definition) is 4. The van der Waals surface area contributed by atoms with E-state index in [-0.39, 0.29) is 11.7 Å². The maximum absolute atomic E-state index is 12.9. The Morgan fingerprint density at radius 3 is 1.97 bits per heavy atom. The first-order valence-electron chi connectivity index (χ1n) is 9.05. The van der Waals surface area contributed by atoms with E-state index in [9.17, 15) is 9.59 Å². The number of ether oxygens (including phenoxy) is 1. The van der Waals surface area contributed by atoms with Crippen molar-refractivity contribution in [2.24, 2.45) is 0 Å². The number of likely N-dealkylation sites (N-methyl/N-ethyl adjacent to an activating group) is 1. The van der Waals surface area contributed by atoms with Gasteiger partial charge in [-0.1, -0.05) is 11.6 Å². The summed E-state index contributed by atoms with van der Waals surface area (Å²) in [6, 6.07) is 17.0. The molecule has 0 spiro atoms. The summed E-state index contributed by atoms with van der Waals surface area (Å²) < 4.78 is 5.93. The number of benzene rings is 2. The molecule has 0 unspecified atom stereocenters. The minimum absolute atomic E-state index is 0.110. The van der Waals surface area contributed by atoms with Gasteiger partial charge in [-0.2, -0.15) is 0 Å². The normalized spacial score (nSPS) is 11.0. The SMILES string of the molecule is CN(C(=O)C(C)(C)Oc1ccc(C(=O)c2ccc(Cl)cc2)cc1)c1ccncc1. The predicted octanol–water partition coefficient (Wildman–Crippen LogP) is 4.79.